The number of amides is 1. The van der Waals surface area contributed by atoms with E-state index in [1.54, 1.807) is 17.2 Å². The molecule has 198 valence electrons. The summed E-state index contributed by atoms with van der Waals surface area (Å²) in [6.45, 7) is 6.09. The van der Waals surface area contributed by atoms with E-state index >= 15 is 0 Å². The Bertz CT molecular complexity index is 1290. The summed E-state index contributed by atoms with van der Waals surface area (Å²) >= 11 is 16.7. The second kappa shape index (κ2) is 11.1. The number of alkyl halides is 1. The Kier molecular flexibility index (Phi) is 8.26. The highest BCUT2D eigenvalue weighted by Gasteiger charge is 2.37. The van der Waals surface area contributed by atoms with E-state index in [2.05, 4.69) is 31.2 Å². The molecule has 1 aromatic heterocycles. The number of nitrogens with one attached hydrogen (secondary N) is 1. The molecule has 1 aliphatic heterocycles. The van der Waals surface area contributed by atoms with Gasteiger partial charge in [0.2, 0.25) is 5.95 Å². The summed E-state index contributed by atoms with van der Waals surface area (Å²) in [5, 5.41) is 5.63. The number of fused-ring (bicyclic) bond motifs is 1. The minimum Gasteiger partial charge on any atom is -0.495 e. The van der Waals surface area contributed by atoms with Gasteiger partial charge in [0.25, 0.3) is 0 Å². The van der Waals surface area contributed by atoms with Gasteiger partial charge in [-0.25, -0.2) is 14.8 Å². The van der Waals surface area contributed by atoms with Crippen LogP contribution < -0.4 is 14.8 Å². The highest BCUT2D eigenvalue weighted by atomic mass is 79.9. The zero-order chi connectivity index (χ0) is 26.9. The fourth-order valence-electron chi connectivity index (χ4n) is 4.29. The van der Waals surface area contributed by atoms with Crippen molar-refractivity contribution in [2.24, 2.45) is 0 Å². The van der Waals surface area contributed by atoms with E-state index in [9.17, 15) is 4.79 Å². The van der Waals surface area contributed by atoms with E-state index in [1.165, 1.54) is 14.2 Å². The third-order valence-electron chi connectivity index (χ3n) is 6.00. The molecule has 0 saturated carbocycles. The molecule has 1 fully saturated rings. The molecule has 2 aromatic carbocycles. The average Bonchev–Trinajstić information content (AvgIpc) is 3.26. The van der Waals surface area contributed by atoms with Crippen LogP contribution in [0.1, 0.15) is 27.2 Å². The van der Waals surface area contributed by atoms with Crippen molar-refractivity contribution < 1.29 is 19.0 Å². The van der Waals surface area contributed by atoms with E-state index in [4.69, 9.17) is 37.4 Å². The number of hydrogen-bond donors (Lipinski definition) is 1. The Morgan fingerprint density at radius 2 is 1.84 bits per heavy atom. The molecule has 0 radical (unpaired) electrons. The summed E-state index contributed by atoms with van der Waals surface area (Å²) < 4.78 is 16.4. The van der Waals surface area contributed by atoms with Crippen LogP contribution in [-0.4, -0.2) is 64.7 Å². The predicted octanol–water partition coefficient (Wildman–Crippen LogP) is 6.81. The molecule has 1 amide bonds. The number of carbonyl (C=O) groups excluding carboxylic acids is 1. The van der Waals surface area contributed by atoms with Crippen molar-refractivity contribution >= 4 is 62.1 Å². The molecule has 0 bridgehead atoms. The largest absolute Gasteiger partial charge is 0.495 e. The van der Waals surface area contributed by atoms with Gasteiger partial charge < -0.3 is 24.4 Å². The topological polar surface area (TPSA) is 85.8 Å². The molecule has 2 heterocycles. The van der Waals surface area contributed by atoms with Crippen LogP contribution in [0.2, 0.25) is 10.0 Å². The van der Waals surface area contributed by atoms with Gasteiger partial charge in [0.1, 0.15) is 17.1 Å². The lowest BCUT2D eigenvalue weighted by Gasteiger charge is -2.27. The molecule has 37 heavy (non-hydrogen) atoms. The molecule has 11 heteroatoms. The molecule has 8 nitrogen and oxygen atoms in total. The van der Waals surface area contributed by atoms with Gasteiger partial charge in [-0.05, 0) is 44.9 Å². The average molecular weight is 612 g/mol. The molecular weight excluding hydrogens is 583 g/mol. The van der Waals surface area contributed by atoms with Gasteiger partial charge >= 0.3 is 6.09 Å². The molecule has 0 spiro atoms. The van der Waals surface area contributed by atoms with Crippen molar-refractivity contribution in [2.45, 2.75) is 44.9 Å². The van der Waals surface area contributed by atoms with Gasteiger partial charge in [0.05, 0.1) is 29.8 Å². The van der Waals surface area contributed by atoms with Gasteiger partial charge in [-0.15, -0.1) is 0 Å². The first-order valence-electron chi connectivity index (χ1n) is 11.7. The Balaban J connectivity index is 1.56. The Labute approximate surface area is 234 Å². The molecule has 0 aliphatic carbocycles. The van der Waals surface area contributed by atoms with Gasteiger partial charge in [0.15, 0.2) is 0 Å². The molecule has 0 unspecified atom stereocenters. The van der Waals surface area contributed by atoms with Crippen molar-refractivity contribution in [3.05, 3.63) is 40.5 Å². The van der Waals surface area contributed by atoms with Crippen molar-refractivity contribution in [3.63, 3.8) is 0 Å². The third-order valence-corrected chi connectivity index (χ3v) is 7.49. The second-order valence-corrected chi connectivity index (χ2v) is 11.2. The van der Waals surface area contributed by atoms with Crippen LogP contribution in [0.3, 0.4) is 0 Å². The van der Waals surface area contributed by atoms with Crippen molar-refractivity contribution in [1.29, 1.82) is 0 Å². The maximum atomic E-state index is 12.7. The van der Waals surface area contributed by atoms with Crippen LogP contribution in [-0.2, 0) is 4.74 Å². The Morgan fingerprint density at radius 1 is 1.16 bits per heavy atom. The molecule has 1 N–H and O–H groups in total. The zero-order valence-corrected chi connectivity index (χ0v) is 24.4. The maximum absolute atomic E-state index is 12.7. The number of hydrogen-bond acceptors (Lipinski definition) is 7. The first-order valence-corrected chi connectivity index (χ1v) is 13.6. The second-order valence-electron chi connectivity index (χ2n) is 9.77. The smallest absolute Gasteiger partial charge is 0.410 e. The van der Waals surface area contributed by atoms with Crippen LogP contribution >= 0.6 is 39.1 Å². The Hall–Kier alpha value is -2.49. The number of likely N-dealkylation sites (tertiary alicyclic amines) is 1. The van der Waals surface area contributed by atoms with Gasteiger partial charge in [-0.1, -0.05) is 45.2 Å². The fourth-order valence-corrected chi connectivity index (χ4v) is 5.62. The molecule has 1 aliphatic rings. The minimum atomic E-state index is -0.551. The minimum absolute atomic E-state index is 0.00588. The first-order chi connectivity index (χ1) is 17.5. The van der Waals surface area contributed by atoms with Crippen LogP contribution in [0.4, 0.5) is 10.7 Å². The van der Waals surface area contributed by atoms with Gasteiger partial charge in [-0.3, -0.25) is 0 Å². The number of rotatable bonds is 6. The quantitative estimate of drug-likeness (QED) is 0.307. The SMILES string of the molecule is COc1cc(OC)c(Cl)c(-c2ccc3nc(N[C@H]4C[C@@H](CBr)N(C(=O)OC(C)(C)C)C4)ncc3c2)c1Cl. The van der Waals surface area contributed by atoms with E-state index in [0.29, 0.717) is 44.9 Å². The number of anilines is 1. The maximum Gasteiger partial charge on any atom is 0.410 e. The van der Waals surface area contributed by atoms with E-state index < -0.39 is 5.60 Å². The monoisotopic (exact) mass is 610 g/mol. The summed E-state index contributed by atoms with van der Waals surface area (Å²) in [4.78, 5) is 23.6. The molecule has 2 atom stereocenters. The lowest BCUT2D eigenvalue weighted by molar-refractivity contribution is 0.0241. The normalized spacial score (nSPS) is 17.7. The van der Waals surface area contributed by atoms with Gasteiger partial charge in [0, 0.05) is 47.2 Å². The van der Waals surface area contributed by atoms with E-state index in [1.807, 2.05) is 39.0 Å². The number of carbonyl (C=O) groups is 1. The summed E-state index contributed by atoms with van der Waals surface area (Å²) in [6.07, 6.45) is 2.18. The number of halogens is 3. The van der Waals surface area contributed by atoms with E-state index in [0.717, 1.165) is 22.9 Å². The number of methoxy groups -OCH3 is 2. The first kappa shape index (κ1) is 27.5. The fraction of sp³-hybridized carbons (Fsp3) is 0.423. The summed E-state index contributed by atoms with van der Waals surface area (Å²) in [5.41, 5.74) is 1.59. The van der Waals surface area contributed by atoms with Crippen molar-refractivity contribution in [1.82, 2.24) is 14.9 Å². The van der Waals surface area contributed by atoms with Crippen molar-refractivity contribution in [2.75, 3.05) is 31.4 Å². The molecular formula is C26H29BrCl2N4O4. The molecule has 1 saturated heterocycles. The Morgan fingerprint density at radius 3 is 2.43 bits per heavy atom. The predicted molar refractivity (Wildman–Crippen MR) is 151 cm³/mol. The zero-order valence-electron chi connectivity index (χ0n) is 21.3. The number of nitrogens with zero attached hydrogens (tertiary/aromatic N) is 3. The van der Waals surface area contributed by atoms with Crippen LogP contribution in [0.15, 0.2) is 30.5 Å². The third kappa shape index (κ3) is 5.99. The lowest BCUT2D eigenvalue weighted by Crippen LogP contribution is -2.41. The highest BCUT2D eigenvalue weighted by molar-refractivity contribution is 9.09. The van der Waals surface area contributed by atoms with Crippen LogP contribution in [0, 0.1) is 0 Å². The molecule has 4 rings (SSSR count). The van der Waals surface area contributed by atoms with Crippen LogP contribution in [0.25, 0.3) is 22.0 Å². The number of ether oxygens (including phenoxy) is 3. The number of benzene rings is 2. The van der Waals surface area contributed by atoms with Gasteiger partial charge in [-0.2, -0.15) is 0 Å². The summed E-state index contributed by atoms with van der Waals surface area (Å²) in [5.74, 6) is 1.42. The standard InChI is InChI=1S/C26H29BrCl2N4O4/c1-26(2,3)37-25(34)33-13-16(9-17(33)11-27)31-24-30-12-15-8-14(6-7-18(15)32-24)21-22(28)19(35-4)10-20(36-5)23(21)29/h6-8,10,12,16-17H,9,11,13H2,1-5H3,(H,30,31,32)/t16-,17-/m0/s1. The molecule has 3 aromatic rings. The highest BCUT2D eigenvalue weighted by Crippen LogP contribution is 2.46. The van der Waals surface area contributed by atoms with Crippen molar-refractivity contribution in [3.8, 4) is 22.6 Å². The van der Waals surface area contributed by atoms with Crippen LogP contribution in [0.5, 0.6) is 11.5 Å². The lowest BCUT2D eigenvalue weighted by atomic mass is 10.0. The summed E-state index contributed by atoms with van der Waals surface area (Å²) in [7, 11) is 3.08. The number of aromatic nitrogens is 2. The van der Waals surface area contributed by atoms with E-state index in [-0.39, 0.29) is 18.2 Å². The summed E-state index contributed by atoms with van der Waals surface area (Å²) in [6, 6.07) is 7.37.